The second-order valence-electron chi connectivity index (χ2n) is 3.47. The van der Waals surface area contributed by atoms with Crippen LogP contribution in [0.3, 0.4) is 0 Å². The number of hydrogen-bond acceptors (Lipinski definition) is 2. The van der Waals surface area contributed by atoms with E-state index in [1.165, 1.54) is 0 Å². The Hall–Kier alpha value is -0.280. The van der Waals surface area contributed by atoms with Crippen LogP contribution in [0.2, 0.25) is 0 Å². The molecule has 1 unspecified atom stereocenters. The first kappa shape index (κ1) is 11.8. The average molecular weight is 278 g/mol. The van der Waals surface area contributed by atoms with Gasteiger partial charge in [-0.2, -0.15) is 0 Å². The van der Waals surface area contributed by atoms with Gasteiger partial charge in [-0.25, -0.2) is 4.98 Å². The summed E-state index contributed by atoms with van der Waals surface area (Å²) in [5.41, 5.74) is 0. The highest BCUT2D eigenvalue weighted by molar-refractivity contribution is 9.10. The second-order valence-corrected chi connectivity index (χ2v) is 4.89. The fraction of sp³-hybridized carbons (Fsp3) is 0.500. The Bertz CT molecular complexity index is 291. The summed E-state index contributed by atoms with van der Waals surface area (Å²) in [5.74, 6) is 1.31. The molecule has 0 saturated carbocycles. The number of rotatable bonds is 4. The molecule has 0 aliphatic rings. The zero-order chi connectivity index (χ0) is 10.6. The third kappa shape index (κ3) is 3.46. The predicted molar refractivity (Wildman–Crippen MR) is 64.9 cm³/mol. The number of aromatic nitrogens is 1. The van der Waals surface area contributed by atoms with Crippen molar-refractivity contribution >= 4 is 33.3 Å². The van der Waals surface area contributed by atoms with Crippen LogP contribution >= 0.6 is 27.5 Å². The van der Waals surface area contributed by atoms with E-state index in [1.807, 2.05) is 12.1 Å². The maximum atomic E-state index is 6.11. The molecule has 78 valence electrons. The van der Waals surface area contributed by atoms with Crippen molar-refractivity contribution in [2.24, 2.45) is 5.92 Å². The summed E-state index contributed by atoms with van der Waals surface area (Å²) in [6, 6.07) is 3.84. The zero-order valence-electron chi connectivity index (χ0n) is 8.30. The Morgan fingerprint density at radius 2 is 2.29 bits per heavy atom. The number of halogens is 2. The van der Waals surface area contributed by atoms with Crippen molar-refractivity contribution < 1.29 is 0 Å². The maximum absolute atomic E-state index is 6.11. The van der Waals surface area contributed by atoms with Crippen LogP contribution < -0.4 is 5.32 Å². The van der Waals surface area contributed by atoms with E-state index >= 15 is 0 Å². The minimum atomic E-state index is 0.129. The molecule has 1 aromatic heterocycles. The molecule has 1 N–H and O–H groups in total. The van der Waals surface area contributed by atoms with Gasteiger partial charge in [-0.3, -0.25) is 0 Å². The van der Waals surface area contributed by atoms with E-state index in [-0.39, 0.29) is 5.38 Å². The number of alkyl halides is 1. The quantitative estimate of drug-likeness (QED) is 0.852. The second kappa shape index (κ2) is 5.56. The van der Waals surface area contributed by atoms with Gasteiger partial charge in [0.05, 0.1) is 9.85 Å². The summed E-state index contributed by atoms with van der Waals surface area (Å²) in [7, 11) is 0. The molecule has 0 bridgehead atoms. The van der Waals surface area contributed by atoms with Crippen molar-refractivity contribution in [1.82, 2.24) is 4.98 Å². The van der Waals surface area contributed by atoms with E-state index in [9.17, 15) is 0 Å². The molecule has 0 saturated heterocycles. The highest BCUT2D eigenvalue weighted by Gasteiger charge is 2.09. The highest BCUT2D eigenvalue weighted by Crippen LogP contribution is 2.19. The lowest BCUT2D eigenvalue weighted by Gasteiger charge is -2.14. The topological polar surface area (TPSA) is 24.9 Å². The molecule has 1 atom stereocenters. The van der Waals surface area contributed by atoms with E-state index in [0.29, 0.717) is 5.92 Å². The lowest BCUT2D eigenvalue weighted by atomic mass is 10.1. The van der Waals surface area contributed by atoms with Crippen LogP contribution in [0.25, 0.3) is 0 Å². The molecule has 14 heavy (non-hydrogen) atoms. The van der Waals surface area contributed by atoms with Gasteiger partial charge >= 0.3 is 0 Å². The van der Waals surface area contributed by atoms with Gasteiger partial charge < -0.3 is 5.32 Å². The Balaban J connectivity index is 2.50. The van der Waals surface area contributed by atoms with Crippen molar-refractivity contribution in [3.05, 3.63) is 22.8 Å². The Morgan fingerprint density at radius 1 is 1.57 bits per heavy atom. The summed E-state index contributed by atoms with van der Waals surface area (Å²) < 4.78 is 0.965. The molecule has 0 radical (unpaired) electrons. The fourth-order valence-corrected chi connectivity index (χ4v) is 1.42. The summed E-state index contributed by atoms with van der Waals surface area (Å²) in [6.45, 7) is 4.94. The number of hydrogen-bond donors (Lipinski definition) is 1. The van der Waals surface area contributed by atoms with E-state index in [0.717, 1.165) is 16.8 Å². The van der Waals surface area contributed by atoms with Crippen molar-refractivity contribution in [1.29, 1.82) is 0 Å². The Kier molecular flexibility index (Phi) is 4.69. The Labute approximate surface area is 98.2 Å². The Morgan fingerprint density at radius 3 is 2.86 bits per heavy atom. The molecule has 0 aromatic carbocycles. The highest BCUT2D eigenvalue weighted by atomic mass is 79.9. The molecule has 2 nitrogen and oxygen atoms in total. The van der Waals surface area contributed by atoms with E-state index in [1.54, 1.807) is 6.20 Å². The number of nitrogens with zero attached hydrogens (tertiary/aromatic N) is 1. The van der Waals surface area contributed by atoms with Crippen molar-refractivity contribution in [2.75, 3.05) is 11.9 Å². The molecule has 1 heterocycles. The number of nitrogens with one attached hydrogen (secondary N) is 1. The third-order valence-electron chi connectivity index (χ3n) is 1.95. The monoisotopic (exact) mass is 276 g/mol. The van der Waals surface area contributed by atoms with Gasteiger partial charge in [0.1, 0.15) is 5.82 Å². The molecule has 0 aliphatic carbocycles. The van der Waals surface area contributed by atoms with Crippen molar-refractivity contribution in [3.63, 3.8) is 0 Å². The molecule has 4 heteroatoms. The maximum Gasteiger partial charge on any atom is 0.140 e. The minimum absolute atomic E-state index is 0.129. The van der Waals surface area contributed by atoms with Crippen LogP contribution in [-0.4, -0.2) is 16.9 Å². The van der Waals surface area contributed by atoms with Gasteiger partial charge in [0.2, 0.25) is 0 Å². The van der Waals surface area contributed by atoms with Gasteiger partial charge in [-0.15, -0.1) is 11.6 Å². The molecule has 0 aliphatic heterocycles. The fourth-order valence-electron chi connectivity index (χ4n) is 0.946. The SMILES string of the molecule is CC(C)C(Cl)CNc1ncccc1Br. The van der Waals surface area contributed by atoms with Gasteiger partial charge in [0, 0.05) is 12.7 Å². The summed E-state index contributed by atoms with van der Waals surface area (Å²) >= 11 is 9.53. The number of anilines is 1. The van der Waals surface area contributed by atoms with Gasteiger partial charge in [-0.05, 0) is 34.0 Å². The number of pyridine rings is 1. The van der Waals surface area contributed by atoms with Crippen LogP contribution in [0.1, 0.15) is 13.8 Å². The minimum Gasteiger partial charge on any atom is -0.368 e. The van der Waals surface area contributed by atoms with Crippen LogP contribution in [0.15, 0.2) is 22.8 Å². The first-order chi connectivity index (χ1) is 6.61. The first-order valence-electron chi connectivity index (χ1n) is 4.59. The first-order valence-corrected chi connectivity index (χ1v) is 5.82. The molecule has 0 fully saturated rings. The van der Waals surface area contributed by atoms with Crippen LogP contribution in [0.5, 0.6) is 0 Å². The smallest absolute Gasteiger partial charge is 0.140 e. The van der Waals surface area contributed by atoms with Crippen LogP contribution in [0, 0.1) is 5.92 Å². The third-order valence-corrected chi connectivity index (χ3v) is 3.24. The van der Waals surface area contributed by atoms with Gasteiger partial charge in [0.25, 0.3) is 0 Å². The van der Waals surface area contributed by atoms with E-state index < -0.39 is 0 Å². The zero-order valence-corrected chi connectivity index (χ0v) is 10.6. The van der Waals surface area contributed by atoms with E-state index in [4.69, 9.17) is 11.6 Å². The standard InChI is InChI=1S/C10H14BrClN2/c1-7(2)9(12)6-14-10-8(11)4-3-5-13-10/h3-5,7,9H,6H2,1-2H3,(H,13,14). The van der Waals surface area contributed by atoms with Crippen LogP contribution in [-0.2, 0) is 0 Å². The molecule has 0 amide bonds. The normalized spacial score (nSPS) is 12.9. The van der Waals surface area contributed by atoms with Crippen molar-refractivity contribution in [3.8, 4) is 0 Å². The molecular formula is C10H14BrClN2. The largest absolute Gasteiger partial charge is 0.368 e. The molecule has 1 aromatic rings. The average Bonchev–Trinajstić information content (AvgIpc) is 2.16. The van der Waals surface area contributed by atoms with Crippen molar-refractivity contribution in [2.45, 2.75) is 19.2 Å². The lowest BCUT2D eigenvalue weighted by Crippen LogP contribution is -2.20. The van der Waals surface area contributed by atoms with Gasteiger partial charge in [0.15, 0.2) is 0 Å². The molecule has 0 spiro atoms. The van der Waals surface area contributed by atoms with Crippen LogP contribution in [0.4, 0.5) is 5.82 Å². The van der Waals surface area contributed by atoms with Gasteiger partial charge in [-0.1, -0.05) is 13.8 Å². The molecule has 1 rings (SSSR count). The summed E-state index contributed by atoms with van der Waals surface area (Å²) in [4.78, 5) is 4.19. The van der Waals surface area contributed by atoms with E-state index in [2.05, 4.69) is 40.1 Å². The molecular weight excluding hydrogens is 263 g/mol. The lowest BCUT2D eigenvalue weighted by molar-refractivity contribution is 0.615. The summed E-state index contributed by atoms with van der Waals surface area (Å²) in [6.07, 6.45) is 1.76. The predicted octanol–water partition coefficient (Wildman–Crippen LogP) is 3.52. The summed E-state index contributed by atoms with van der Waals surface area (Å²) in [5, 5.41) is 3.33.